The number of nitrogens with one attached hydrogen (secondary N) is 1. The van der Waals surface area contributed by atoms with Crippen LogP contribution in [0.1, 0.15) is 38.2 Å². The van der Waals surface area contributed by atoms with Gasteiger partial charge in [0.1, 0.15) is 6.04 Å². The number of halogens is 3. The second kappa shape index (κ2) is 10.2. The third kappa shape index (κ3) is 5.67. The van der Waals surface area contributed by atoms with Crippen LogP contribution in [0.5, 0.6) is 0 Å². The SMILES string of the molecule is CC[C@@H](/C=C/C(=O)N1CCc2ccccc21)NC(=O)[C@@H]1CCCCN1OC(=O)C(F)(F)F. The lowest BCUT2D eigenvalue weighted by Gasteiger charge is -2.33. The number of hydroxylamine groups is 2. The first-order valence-corrected chi connectivity index (χ1v) is 10.6. The van der Waals surface area contributed by atoms with E-state index in [-0.39, 0.29) is 18.9 Å². The van der Waals surface area contributed by atoms with Crippen molar-refractivity contribution in [3.63, 3.8) is 0 Å². The van der Waals surface area contributed by atoms with Crippen LogP contribution in [0.25, 0.3) is 0 Å². The molecule has 0 radical (unpaired) electrons. The smallest absolute Gasteiger partial charge is 0.360 e. The summed E-state index contributed by atoms with van der Waals surface area (Å²) >= 11 is 0. The predicted molar refractivity (Wildman–Crippen MR) is 110 cm³/mol. The van der Waals surface area contributed by atoms with Gasteiger partial charge in [0, 0.05) is 30.9 Å². The standard InChI is InChI=1S/C22H26F3N3O4/c1-2-16(10-11-19(29)27-14-12-15-7-3-4-8-17(15)27)26-20(30)18-9-5-6-13-28(18)32-21(31)22(23,24)25/h3-4,7-8,10-11,16,18H,2,5-6,9,12-14H2,1H3,(H,26,30)/b11-10+/t16-,18-/m0/s1. The summed E-state index contributed by atoms with van der Waals surface area (Å²) in [7, 11) is 0. The number of hydrogen-bond acceptors (Lipinski definition) is 5. The highest BCUT2D eigenvalue weighted by Crippen LogP contribution is 2.27. The fourth-order valence-corrected chi connectivity index (χ4v) is 3.86. The first-order valence-electron chi connectivity index (χ1n) is 10.6. The number of carbonyl (C=O) groups excluding carboxylic acids is 3. The van der Waals surface area contributed by atoms with Gasteiger partial charge >= 0.3 is 12.1 Å². The van der Waals surface area contributed by atoms with E-state index in [1.165, 1.54) is 6.08 Å². The maximum absolute atomic E-state index is 12.7. The van der Waals surface area contributed by atoms with Gasteiger partial charge in [0.25, 0.3) is 5.91 Å². The molecule has 1 saturated heterocycles. The number of amides is 2. The number of benzene rings is 1. The van der Waals surface area contributed by atoms with Crippen LogP contribution in [0.15, 0.2) is 36.4 Å². The second-order valence-electron chi connectivity index (χ2n) is 7.78. The first-order chi connectivity index (χ1) is 15.2. The van der Waals surface area contributed by atoms with Crippen LogP contribution in [-0.2, 0) is 25.6 Å². The molecule has 1 N–H and O–H groups in total. The van der Waals surface area contributed by atoms with E-state index in [1.807, 2.05) is 31.2 Å². The number of alkyl halides is 3. The quantitative estimate of drug-likeness (QED) is 0.671. The second-order valence-corrected chi connectivity index (χ2v) is 7.78. The maximum atomic E-state index is 12.7. The van der Waals surface area contributed by atoms with Crippen molar-refractivity contribution in [2.75, 3.05) is 18.0 Å². The van der Waals surface area contributed by atoms with Gasteiger partial charge < -0.3 is 15.1 Å². The zero-order chi connectivity index (χ0) is 23.3. The molecule has 0 saturated carbocycles. The van der Waals surface area contributed by atoms with Gasteiger partial charge in [-0.1, -0.05) is 31.2 Å². The van der Waals surface area contributed by atoms with E-state index in [0.29, 0.717) is 25.8 Å². The van der Waals surface area contributed by atoms with Crippen molar-refractivity contribution in [1.82, 2.24) is 10.4 Å². The molecule has 1 aromatic rings. The Hall–Kier alpha value is -2.88. The van der Waals surface area contributed by atoms with E-state index in [4.69, 9.17) is 0 Å². The summed E-state index contributed by atoms with van der Waals surface area (Å²) in [5.41, 5.74) is 1.96. The molecule has 0 bridgehead atoms. The highest BCUT2D eigenvalue weighted by molar-refractivity contribution is 6.03. The maximum Gasteiger partial charge on any atom is 0.492 e. The largest absolute Gasteiger partial charge is 0.492 e. The number of anilines is 1. The molecule has 1 aromatic carbocycles. The van der Waals surface area contributed by atoms with E-state index in [9.17, 15) is 27.6 Å². The summed E-state index contributed by atoms with van der Waals surface area (Å²) in [6.07, 6.45) is 0.492. The minimum absolute atomic E-state index is 0.0411. The van der Waals surface area contributed by atoms with Crippen molar-refractivity contribution in [3.8, 4) is 0 Å². The van der Waals surface area contributed by atoms with Crippen LogP contribution < -0.4 is 10.2 Å². The molecule has 2 aliphatic heterocycles. The summed E-state index contributed by atoms with van der Waals surface area (Å²) in [6.45, 7) is 2.43. The number of nitrogens with zero attached hydrogens (tertiary/aromatic N) is 2. The Labute approximate surface area is 184 Å². The van der Waals surface area contributed by atoms with Gasteiger partial charge in [-0.25, -0.2) is 4.79 Å². The lowest BCUT2D eigenvalue weighted by Crippen LogP contribution is -2.52. The number of rotatable bonds is 6. The molecular weight excluding hydrogens is 427 g/mol. The van der Waals surface area contributed by atoms with Gasteiger partial charge in [-0.3, -0.25) is 9.59 Å². The van der Waals surface area contributed by atoms with Crippen LogP contribution in [0, 0.1) is 0 Å². The summed E-state index contributed by atoms with van der Waals surface area (Å²) in [6, 6.07) is 6.14. The van der Waals surface area contributed by atoms with Crippen molar-refractivity contribution >= 4 is 23.5 Å². The molecule has 10 heteroatoms. The lowest BCUT2D eigenvalue weighted by molar-refractivity contribution is -0.248. The molecule has 3 rings (SSSR count). The summed E-state index contributed by atoms with van der Waals surface area (Å²) in [5, 5.41) is 3.54. The average Bonchev–Trinajstić information content (AvgIpc) is 3.20. The summed E-state index contributed by atoms with van der Waals surface area (Å²) < 4.78 is 37.6. The monoisotopic (exact) mass is 453 g/mol. The van der Waals surface area contributed by atoms with Gasteiger partial charge in [0.15, 0.2) is 0 Å². The predicted octanol–water partition coefficient (Wildman–Crippen LogP) is 2.90. The lowest BCUT2D eigenvalue weighted by atomic mass is 10.0. The zero-order valence-electron chi connectivity index (χ0n) is 17.7. The normalized spacial score (nSPS) is 20.1. The van der Waals surface area contributed by atoms with Gasteiger partial charge in [-0.05, 0) is 43.7 Å². The van der Waals surface area contributed by atoms with E-state index >= 15 is 0 Å². The molecule has 174 valence electrons. The van der Waals surface area contributed by atoms with Crippen molar-refractivity contribution in [2.24, 2.45) is 0 Å². The number of piperidine rings is 1. The molecule has 2 heterocycles. The van der Waals surface area contributed by atoms with Gasteiger partial charge in [0.05, 0.1) is 0 Å². The highest BCUT2D eigenvalue weighted by Gasteiger charge is 2.44. The van der Waals surface area contributed by atoms with Crippen LogP contribution in [-0.4, -0.2) is 54.2 Å². The fourth-order valence-electron chi connectivity index (χ4n) is 3.86. The van der Waals surface area contributed by atoms with Crippen LogP contribution in [0.2, 0.25) is 0 Å². The molecule has 2 amide bonds. The number of hydrogen-bond donors (Lipinski definition) is 1. The highest BCUT2D eigenvalue weighted by atomic mass is 19.4. The Kier molecular flexibility index (Phi) is 7.55. The van der Waals surface area contributed by atoms with E-state index in [2.05, 4.69) is 10.2 Å². The van der Waals surface area contributed by atoms with Gasteiger partial charge in [0.2, 0.25) is 5.91 Å². The minimum atomic E-state index is -5.14. The summed E-state index contributed by atoms with van der Waals surface area (Å²) in [4.78, 5) is 42.7. The molecular formula is C22H26F3N3O4. The molecule has 1 fully saturated rings. The molecule has 32 heavy (non-hydrogen) atoms. The van der Waals surface area contributed by atoms with Crippen molar-refractivity contribution in [2.45, 2.75) is 57.3 Å². The molecule has 2 atom stereocenters. The molecule has 2 aliphatic rings. The van der Waals surface area contributed by atoms with Gasteiger partial charge in [-0.2, -0.15) is 13.2 Å². The third-order valence-corrected chi connectivity index (χ3v) is 5.58. The van der Waals surface area contributed by atoms with Crippen molar-refractivity contribution < 1.29 is 32.4 Å². The molecule has 0 unspecified atom stereocenters. The van der Waals surface area contributed by atoms with Crippen molar-refractivity contribution in [3.05, 3.63) is 42.0 Å². The number of para-hydroxylation sites is 1. The average molecular weight is 453 g/mol. The topological polar surface area (TPSA) is 79.0 Å². The Morgan fingerprint density at radius 2 is 1.97 bits per heavy atom. The van der Waals surface area contributed by atoms with E-state index in [1.54, 1.807) is 11.0 Å². The van der Waals surface area contributed by atoms with Crippen LogP contribution >= 0.6 is 0 Å². The molecule has 0 spiro atoms. The fraction of sp³-hybridized carbons (Fsp3) is 0.500. The molecule has 0 aliphatic carbocycles. The summed E-state index contributed by atoms with van der Waals surface area (Å²) in [5.74, 6) is -3.10. The Morgan fingerprint density at radius 1 is 1.22 bits per heavy atom. The number of carbonyl (C=O) groups is 3. The van der Waals surface area contributed by atoms with Crippen LogP contribution in [0.3, 0.4) is 0 Å². The Balaban J connectivity index is 1.61. The van der Waals surface area contributed by atoms with Crippen LogP contribution in [0.4, 0.5) is 18.9 Å². The third-order valence-electron chi connectivity index (χ3n) is 5.58. The van der Waals surface area contributed by atoms with E-state index < -0.39 is 30.1 Å². The Bertz CT molecular complexity index is 887. The van der Waals surface area contributed by atoms with Crippen molar-refractivity contribution in [1.29, 1.82) is 0 Å². The van der Waals surface area contributed by atoms with E-state index in [0.717, 1.165) is 22.7 Å². The Morgan fingerprint density at radius 3 is 2.69 bits per heavy atom. The molecule has 7 nitrogen and oxygen atoms in total. The molecule has 0 aromatic heterocycles. The zero-order valence-corrected chi connectivity index (χ0v) is 17.7. The van der Waals surface area contributed by atoms with Gasteiger partial charge in [-0.15, -0.1) is 5.06 Å². The minimum Gasteiger partial charge on any atom is -0.360 e. The number of fused-ring (bicyclic) bond motifs is 1. The first kappa shape index (κ1) is 23.8.